The van der Waals surface area contributed by atoms with Gasteiger partial charge in [0.15, 0.2) is 0 Å². The predicted molar refractivity (Wildman–Crippen MR) is 71.9 cm³/mol. The molecular weight excluding hydrogens is 259 g/mol. The van der Waals surface area contributed by atoms with Gasteiger partial charge in [0.1, 0.15) is 11.6 Å². The number of halogens is 1. The molecule has 0 amide bonds. The minimum Gasteiger partial charge on any atom is -0.465 e. The molecule has 0 saturated heterocycles. The van der Waals surface area contributed by atoms with Crippen molar-refractivity contribution in [3.63, 3.8) is 0 Å². The molecule has 2 aromatic heterocycles. The molecule has 0 saturated carbocycles. The number of benzene rings is 1. The lowest BCUT2D eigenvalue weighted by Gasteiger charge is -2.04. The average Bonchev–Trinajstić information content (AvgIpc) is 2.90. The van der Waals surface area contributed by atoms with Crippen LogP contribution < -0.4 is 0 Å². The molecule has 0 radical (unpaired) electrons. The van der Waals surface area contributed by atoms with E-state index in [1.54, 1.807) is 41.1 Å². The van der Waals surface area contributed by atoms with Crippen molar-refractivity contribution in [3.8, 4) is 11.4 Å². The highest BCUT2D eigenvalue weighted by molar-refractivity contribution is 5.97. The van der Waals surface area contributed by atoms with Gasteiger partial charge in [-0.15, -0.1) is 0 Å². The standard InChI is InChI=1S/C15H11FN2O2/c1-20-15(19)12-6-3-7-18-13(12)9-17-14(18)10-4-2-5-11(16)8-10/h2-9H,1H3. The number of methoxy groups -OCH3 is 1. The van der Waals surface area contributed by atoms with E-state index in [4.69, 9.17) is 4.74 Å². The first kappa shape index (κ1) is 12.3. The minimum absolute atomic E-state index is 0.330. The largest absolute Gasteiger partial charge is 0.465 e. The van der Waals surface area contributed by atoms with E-state index in [0.717, 1.165) is 0 Å². The Morgan fingerprint density at radius 2 is 2.15 bits per heavy atom. The van der Waals surface area contributed by atoms with Crippen LogP contribution in [0.2, 0.25) is 0 Å². The second-order valence-corrected chi connectivity index (χ2v) is 4.26. The SMILES string of the molecule is COC(=O)c1cccn2c(-c3cccc(F)c3)ncc12. The second kappa shape index (κ2) is 4.77. The third-order valence-corrected chi connectivity index (χ3v) is 3.06. The van der Waals surface area contributed by atoms with Gasteiger partial charge in [-0.2, -0.15) is 0 Å². The molecule has 20 heavy (non-hydrogen) atoms. The lowest BCUT2D eigenvalue weighted by Crippen LogP contribution is -2.03. The van der Waals surface area contributed by atoms with Gasteiger partial charge < -0.3 is 4.74 Å². The van der Waals surface area contributed by atoms with E-state index < -0.39 is 5.97 Å². The summed E-state index contributed by atoms with van der Waals surface area (Å²) in [5, 5.41) is 0. The summed E-state index contributed by atoms with van der Waals surface area (Å²) in [6.07, 6.45) is 3.35. The Labute approximate surface area is 114 Å². The number of hydrogen-bond acceptors (Lipinski definition) is 3. The van der Waals surface area contributed by atoms with E-state index >= 15 is 0 Å². The molecule has 0 spiro atoms. The summed E-state index contributed by atoms with van der Waals surface area (Å²) in [6.45, 7) is 0. The van der Waals surface area contributed by atoms with Gasteiger partial charge in [0.2, 0.25) is 0 Å². The van der Waals surface area contributed by atoms with E-state index in [2.05, 4.69) is 4.98 Å². The number of esters is 1. The Morgan fingerprint density at radius 3 is 2.90 bits per heavy atom. The molecule has 1 aromatic carbocycles. The zero-order valence-electron chi connectivity index (χ0n) is 10.7. The molecule has 100 valence electrons. The van der Waals surface area contributed by atoms with Gasteiger partial charge in [-0.25, -0.2) is 14.2 Å². The van der Waals surface area contributed by atoms with Crippen LogP contribution in [0.15, 0.2) is 48.8 Å². The zero-order valence-corrected chi connectivity index (χ0v) is 10.7. The first-order valence-corrected chi connectivity index (χ1v) is 6.01. The van der Waals surface area contributed by atoms with Gasteiger partial charge in [0.25, 0.3) is 0 Å². The summed E-state index contributed by atoms with van der Waals surface area (Å²) in [5.74, 6) is -0.185. The molecule has 4 nitrogen and oxygen atoms in total. The number of ether oxygens (including phenoxy) is 1. The summed E-state index contributed by atoms with van der Waals surface area (Å²) in [7, 11) is 1.33. The first-order valence-electron chi connectivity index (χ1n) is 6.01. The smallest absolute Gasteiger partial charge is 0.340 e. The molecule has 0 bridgehead atoms. The van der Waals surface area contributed by atoms with Crippen molar-refractivity contribution in [1.82, 2.24) is 9.38 Å². The molecule has 0 N–H and O–H groups in total. The topological polar surface area (TPSA) is 43.6 Å². The fourth-order valence-corrected chi connectivity index (χ4v) is 2.15. The Bertz CT molecular complexity index is 795. The van der Waals surface area contributed by atoms with Crippen LogP contribution in [-0.4, -0.2) is 22.5 Å². The average molecular weight is 270 g/mol. The number of pyridine rings is 1. The molecule has 0 unspecified atom stereocenters. The van der Waals surface area contributed by atoms with E-state index in [0.29, 0.717) is 22.5 Å². The highest BCUT2D eigenvalue weighted by atomic mass is 19.1. The van der Waals surface area contributed by atoms with E-state index in [9.17, 15) is 9.18 Å². The summed E-state index contributed by atoms with van der Waals surface area (Å²) in [6, 6.07) is 9.55. The molecule has 0 aliphatic carbocycles. The lowest BCUT2D eigenvalue weighted by molar-refractivity contribution is 0.0602. The van der Waals surface area contributed by atoms with Crippen molar-refractivity contribution < 1.29 is 13.9 Å². The van der Waals surface area contributed by atoms with Gasteiger partial charge in [0, 0.05) is 11.8 Å². The van der Waals surface area contributed by atoms with Crippen molar-refractivity contribution in [2.45, 2.75) is 0 Å². The molecule has 0 fully saturated rings. The fraction of sp³-hybridized carbons (Fsp3) is 0.0667. The third-order valence-electron chi connectivity index (χ3n) is 3.06. The van der Waals surface area contributed by atoms with Gasteiger partial charge in [-0.1, -0.05) is 12.1 Å². The highest BCUT2D eigenvalue weighted by Gasteiger charge is 2.14. The predicted octanol–water partition coefficient (Wildman–Crippen LogP) is 2.93. The Balaban J connectivity index is 2.22. The number of carbonyl (C=O) groups is 1. The number of aromatic nitrogens is 2. The fourth-order valence-electron chi connectivity index (χ4n) is 2.15. The molecule has 3 rings (SSSR count). The number of nitrogens with zero attached hydrogens (tertiary/aromatic N) is 2. The van der Waals surface area contributed by atoms with Crippen molar-refractivity contribution in [2.75, 3.05) is 7.11 Å². The van der Waals surface area contributed by atoms with Crippen LogP contribution in [0.25, 0.3) is 16.9 Å². The van der Waals surface area contributed by atoms with Crippen LogP contribution in [-0.2, 0) is 4.74 Å². The normalized spacial score (nSPS) is 10.7. The third kappa shape index (κ3) is 1.93. The lowest BCUT2D eigenvalue weighted by atomic mass is 10.2. The van der Waals surface area contributed by atoms with Crippen molar-refractivity contribution in [3.05, 3.63) is 60.2 Å². The van der Waals surface area contributed by atoms with E-state index in [1.165, 1.54) is 19.2 Å². The van der Waals surface area contributed by atoms with Crippen LogP contribution in [0.5, 0.6) is 0 Å². The van der Waals surface area contributed by atoms with E-state index in [1.807, 2.05) is 0 Å². The van der Waals surface area contributed by atoms with E-state index in [-0.39, 0.29) is 5.82 Å². The number of hydrogen-bond donors (Lipinski definition) is 0. The Morgan fingerprint density at radius 1 is 1.30 bits per heavy atom. The zero-order chi connectivity index (χ0) is 14.1. The molecule has 5 heteroatoms. The van der Waals surface area contributed by atoms with Crippen molar-refractivity contribution in [1.29, 1.82) is 0 Å². The summed E-state index contributed by atoms with van der Waals surface area (Å²) in [4.78, 5) is 16.0. The van der Waals surface area contributed by atoms with Gasteiger partial charge in [0.05, 0.1) is 24.4 Å². The molecule has 0 atom stereocenters. The van der Waals surface area contributed by atoms with Crippen LogP contribution in [0.4, 0.5) is 4.39 Å². The second-order valence-electron chi connectivity index (χ2n) is 4.26. The Kier molecular flexibility index (Phi) is 2.95. The Hall–Kier alpha value is -2.69. The number of carbonyl (C=O) groups excluding carboxylic acids is 1. The maximum Gasteiger partial charge on any atom is 0.340 e. The molecule has 0 aliphatic rings. The maximum absolute atomic E-state index is 13.3. The summed E-state index contributed by atoms with van der Waals surface area (Å²) in [5.41, 5.74) is 1.69. The van der Waals surface area contributed by atoms with Gasteiger partial charge >= 0.3 is 5.97 Å². The summed E-state index contributed by atoms with van der Waals surface area (Å²) < 4.78 is 19.8. The van der Waals surface area contributed by atoms with Crippen LogP contribution in [0.1, 0.15) is 10.4 Å². The molecule has 0 aliphatic heterocycles. The van der Waals surface area contributed by atoms with Gasteiger partial charge in [-0.3, -0.25) is 4.40 Å². The first-order chi connectivity index (χ1) is 9.70. The molecule has 2 heterocycles. The molecule has 3 aromatic rings. The van der Waals surface area contributed by atoms with Gasteiger partial charge in [-0.05, 0) is 24.3 Å². The number of imidazole rings is 1. The highest BCUT2D eigenvalue weighted by Crippen LogP contribution is 2.22. The minimum atomic E-state index is -0.429. The monoisotopic (exact) mass is 270 g/mol. The number of fused-ring (bicyclic) bond motifs is 1. The van der Waals surface area contributed by atoms with Crippen LogP contribution in [0, 0.1) is 5.82 Å². The number of rotatable bonds is 2. The van der Waals surface area contributed by atoms with Crippen molar-refractivity contribution >= 4 is 11.5 Å². The molecular formula is C15H11FN2O2. The van der Waals surface area contributed by atoms with Crippen LogP contribution >= 0.6 is 0 Å². The van der Waals surface area contributed by atoms with Crippen LogP contribution in [0.3, 0.4) is 0 Å². The van der Waals surface area contributed by atoms with Crippen molar-refractivity contribution in [2.24, 2.45) is 0 Å². The quantitative estimate of drug-likeness (QED) is 0.672. The summed E-state index contributed by atoms with van der Waals surface area (Å²) >= 11 is 0. The maximum atomic E-state index is 13.3.